The van der Waals surface area contributed by atoms with Gasteiger partial charge in [-0.25, -0.2) is 4.79 Å². The van der Waals surface area contributed by atoms with Crippen molar-refractivity contribution in [1.29, 1.82) is 0 Å². The molecule has 1 aliphatic rings. The Morgan fingerprint density at radius 1 is 1.18 bits per heavy atom. The van der Waals surface area contributed by atoms with Crippen molar-refractivity contribution in [3.8, 4) is 0 Å². The molecule has 4 amide bonds. The molecule has 0 aromatic carbocycles. The average molecular weight is 312 g/mol. The molecule has 0 aliphatic carbocycles. The van der Waals surface area contributed by atoms with Crippen LogP contribution in [0.15, 0.2) is 0 Å². The maximum atomic E-state index is 12.1. The average Bonchev–Trinajstić information content (AvgIpc) is 2.44. The van der Waals surface area contributed by atoms with Crippen LogP contribution in [0.4, 0.5) is 4.79 Å². The fourth-order valence-corrected chi connectivity index (χ4v) is 2.61. The van der Waals surface area contributed by atoms with Crippen LogP contribution >= 0.6 is 0 Å². The molecule has 0 aromatic rings. The van der Waals surface area contributed by atoms with Crippen molar-refractivity contribution in [3.63, 3.8) is 0 Å². The molecule has 2 unspecified atom stereocenters. The number of carbonyl (C=O) groups is 3. The van der Waals surface area contributed by atoms with Gasteiger partial charge in [-0.15, -0.1) is 0 Å². The van der Waals surface area contributed by atoms with Gasteiger partial charge in [0.05, 0.1) is 12.0 Å². The lowest BCUT2D eigenvalue weighted by Crippen LogP contribution is -2.54. The molecule has 2 N–H and O–H groups in total. The van der Waals surface area contributed by atoms with E-state index in [0.29, 0.717) is 6.54 Å². The Kier molecular flexibility index (Phi) is 6.80. The zero-order valence-electron chi connectivity index (χ0n) is 14.2. The van der Waals surface area contributed by atoms with E-state index in [0.717, 1.165) is 19.4 Å². The second-order valence-corrected chi connectivity index (χ2v) is 6.36. The first-order chi connectivity index (χ1) is 10.2. The largest absolute Gasteiger partial charge is 0.349 e. The number of carbonyl (C=O) groups excluding carboxylic acids is 3. The molecule has 1 heterocycles. The predicted octanol–water partition coefficient (Wildman–Crippen LogP) is 0.409. The van der Waals surface area contributed by atoms with E-state index in [-0.39, 0.29) is 23.8 Å². The number of nitrogens with zero attached hydrogens (tertiary/aromatic N) is 2. The normalized spacial score (nSPS) is 20.4. The van der Waals surface area contributed by atoms with E-state index < -0.39 is 12.1 Å². The van der Waals surface area contributed by atoms with E-state index in [1.165, 1.54) is 0 Å². The third-order valence-electron chi connectivity index (χ3n) is 3.83. The van der Waals surface area contributed by atoms with E-state index in [1.54, 1.807) is 25.9 Å². The zero-order chi connectivity index (χ0) is 16.9. The van der Waals surface area contributed by atoms with Crippen LogP contribution in [0.2, 0.25) is 0 Å². The van der Waals surface area contributed by atoms with Gasteiger partial charge in [-0.3, -0.25) is 19.8 Å². The van der Waals surface area contributed by atoms with E-state index in [4.69, 9.17) is 0 Å². The fraction of sp³-hybridized carbons (Fsp3) is 0.800. The zero-order valence-corrected chi connectivity index (χ0v) is 14.2. The Hall–Kier alpha value is -1.63. The highest BCUT2D eigenvalue weighted by atomic mass is 16.2. The minimum Gasteiger partial charge on any atom is -0.349 e. The van der Waals surface area contributed by atoms with Gasteiger partial charge in [-0.1, -0.05) is 0 Å². The first-order valence-corrected chi connectivity index (χ1v) is 7.79. The summed E-state index contributed by atoms with van der Waals surface area (Å²) in [5.74, 6) is -0.325. The van der Waals surface area contributed by atoms with Crippen LogP contribution in [0, 0.1) is 5.92 Å². The molecule has 22 heavy (non-hydrogen) atoms. The van der Waals surface area contributed by atoms with Gasteiger partial charge in [-0.05, 0) is 40.2 Å². The van der Waals surface area contributed by atoms with Crippen LogP contribution in [-0.2, 0) is 9.59 Å². The fourth-order valence-electron chi connectivity index (χ4n) is 2.61. The highest BCUT2D eigenvalue weighted by Gasteiger charge is 2.31. The van der Waals surface area contributed by atoms with Gasteiger partial charge in [-0.2, -0.15) is 0 Å². The summed E-state index contributed by atoms with van der Waals surface area (Å²) in [5.41, 5.74) is 0. The van der Waals surface area contributed by atoms with Crippen molar-refractivity contribution in [2.24, 2.45) is 5.92 Å². The van der Waals surface area contributed by atoms with Gasteiger partial charge in [0.25, 0.3) is 0 Å². The van der Waals surface area contributed by atoms with E-state index in [1.807, 2.05) is 18.7 Å². The van der Waals surface area contributed by atoms with Crippen molar-refractivity contribution in [2.45, 2.75) is 45.7 Å². The maximum Gasteiger partial charge on any atom is 0.321 e. The summed E-state index contributed by atoms with van der Waals surface area (Å²) < 4.78 is 0. The number of imide groups is 1. The molecule has 1 fully saturated rings. The molecule has 0 radical (unpaired) electrons. The Balaban J connectivity index is 2.57. The molecule has 1 saturated heterocycles. The van der Waals surface area contributed by atoms with Gasteiger partial charge in [0.2, 0.25) is 11.8 Å². The molecule has 2 atom stereocenters. The van der Waals surface area contributed by atoms with Gasteiger partial charge >= 0.3 is 6.03 Å². The molecule has 0 saturated carbocycles. The highest BCUT2D eigenvalue weighted by Crippen LogP contribution is 2.20. The van der Waals surface area contributed by atoms with Crippen LogP contribution in [-0.4, -0.2) is 66.9 Å². The quantitative estimate of drug-likeness (QED) is 0.788. The summed E-state index contributed by atoms with van der Waals surface area (Å²) in [7, 11) is 3.49. The lowest BCUT2D eigenvalue weighted by atomic mass is 9.95. The Morgan fingerprint density at radius 2 is 1.82 bits per heavy atom. The van der Waals surface area contributed by atoms with Crippen LogP contribution in [0.5, 0.6) is 0 Å². The Morgan fingerprint density at radius 3 is 2.36 bits per heavy atom. The van der Waals surface area contributed by atoms with Crippen molar-refractivity contribution < 1.29 is 14.4 Å². The van der Waals surface area contributed by atoms with Crippen molar-refractivity contribution in [1.82, 2.24) is 20.4 Å². The molecule has 7 nitrogen and oxygen atoms in total. The number of nitrogens with one attached hydrogen (secondary N) is 2. The van der Waals surface area contributed by atoms with Gasteiger partial charge in [0.1, 0.15) is 0 Å². The van der Waals surface area contributed by atoms with Crippen LogP contribution in [0.1, 0.15) is 33.6 Å². The standard InChI is InChI=1S/C15H28N4O3/c1-10(2)16-15(22)17-13(20)11(3)19-8-6-7-12(9-19)14(21)18(4)5/h10-12H,6-9H2,1-5H3,(H2,16,17,20,22). The van der Waals surface area contributed by atoms with Crippen molar-refractivity contribution in [2.75, 3.05) is 27.2 Å². The summed E-state index contributed by atoms with van der Waals surface area (Å²) in [6.45, 7) is 6.74. The number of hydrogen-bond acceptors (Lipinski definition) is 4. The maximum absolute atomic E-state index is 12.1. The Bertz CT molecular complexity index is 423. The Labute approximate surface area is 132 Å². The van der Waals surface area contributed by atoms with E-state index in [9.17, 15) is 14.4 Å². The molecule has 0 aromatic heterocycles. The SMILES string of the molecule is CC(C)NC(=O)NC(=O)C(C)N1CCCC(C(=O)N(C)C)C1. The number of amides is 4. The molecule has 1 rings (SSSR count). The molecule has 1 aliphatic heterocycles. The summed E-state index contributed by atoms with van der Waals surface area (Å²) in [6, 6.07) is -0.944. The van der Waals surface area contributed by atoms with Gasteiger partial charge < -0.3 is 10.2 Å². The van der Waals surface area contributed by atoms with Crippen molar-refractivity contribution in [3.05, 3.63) is 0 Å². The monoisotopic (exact) mass is 312 g/mol. The summed E-state index contributed by atoms with van der Waals surface area (Å²) in [4.78, 5) is 39.4. The third kappa shape index (κ3) is 5.29. The first-order valence-electron chi connectivity index (χ1n) is 7.79. The number of urea groups is 1. The molecule has 126 valence electrons. The number of piperidine rings is 1. The van der Waals surface area contributed by atoms with Gasteiger partial charge in [0, 0.05) is 26.7 Å². The first kappa shape index (κ1) is 18.4. The minimum absolute atomic E-state index is 0.0276. The second-order valence-electron chi connectivity index (χ2n) is 6.36. The van der Waals surface area contributed by atoms with E-state index in [2.05, 4.69) is 10.6 Å². The van der Waals surface area contributed by atoms with Gasteiger partial charge in [0.15, 0.2) is 0 Å². The van der Waals surface area contributed by atoms with Crippen LogP contribution in [0.25, 0.3) is 0 Å². The second kappa shape index (κ2) is 8.12. The molecular formula is C15H28N4O3. The molecule has 7 heteroatoms. The van der Waals surface area contributed by atoms with Crippen LogP contribution < -0.4 is 10.6 Å². The molecule has 0 spiro atoms. The summed E-state index contributed by atoms with van der Waals surface area (Å²) in [6.07, 6.45) is 1.72. The minimum atomic E-state index is -0.482. The summed E-state index contributed by atoms with van der Waals surface area (Å²) >= 11 is 0. The van der Waals surface area contributed by atoms with Crippen LogP contribution in [0.3, 0.4) is 0 Å². The lowest BCUT2D eigenvalue weighted by molar-refractivity contribution is -0.136. The number of hydrogen-bond donors (Lipinski definition) is 2. The summed E-state index contributed by atoms with van der Waals surface area (Å²) in [5, 5.41) is 4.97. The number of likely N-dealkylation sites (tertiary alicyclic amines) is 1. The smallest absolute Gasteiger partial charge is 0.321 e. The third-order valence-corrected chi connectivity index (χ3v) is 3.83. The highest BCUT2D eigenvalue weighted by molar-refractivity contribution is 5.96. The number of rotatable bonds is 4. The van der Waals surface area contributed by atoms with Crippen molar-refractivity contribution >= 4 is 17.8 Å². The molecule has 0 bridgehead atoms. The predicted molar refractivity (Wildman–Crippen MR) is 84.3 cm³/mol. The van der Waals surface area contributed by atoms with E-state index >= 15 is 0 Å². The topological polar surface area (TPSA) is 81.8 Å². The molecular weight excluding hydrogens is 284 g/mol. The lowest BCUT2D eigenvalue weighted by Gasteiger charge is -2.36.